The third-order valence-corrected chi connectivity index (χ3v) is 5.97. The van der Waals surface area contributed by atoms with E-state index in [0.29, 0.717) is 6.07 Å². The summed E-state index contributed by atoms with van der Waals surface area (Å²) in [6.07, 6.45) is 4.04. The molecule has 144 valence electrons. The normalized spacial score (nSPS) is 13.9. The first-order valence-electron chi connectivity index (χ1n) is 8.72. The molecule has 1 aliphatic rings. The molecule has 0 aliphatic heterocycles. The Hall–Kier alpha value is -2.32. The predicted molar refractivity (Wildman–Crippen MR) is 97.9 cm³/mol. The van der Waals surface area contributed by atoms with E-state index in [1.807, 2.05) is 12.1 Å². The van der Waals surface area contributed by atoms with Gasteiger partial charge in [-0.2, -0.15) is 0 Å². The van der Waals surface area contributed by atoms with Gasteiger partial charge in [-0.15, -0.1) is 0 Å². The standard InChI is InChI=1S/C19H20F2N2O3S/c20-16-9-8-14(12-17(16)21)27(25,26)22-11-10-19(24)23-18-7-3-5-13-4-1-2-6-15(13)18/h3,5,7-9,12,22H,1-2,4,6,10-11H2,(H,23,24). The van der Waals surface area contributed by atoms with E-state index in [2.05, 4.69) is 16.1 Å². The molecule has 0 radical (unpaired) electrons. The zero-order valence-corrected chi connectivity index (χ0v) is 15.4. The number of sulfonamides is 1. The van der Waals surface area contributed by atoms with Crippen LogP contribution in [0.2, 0.25) is 0 Å². The molecule has 0 saturated carbocycles. The highest BCUT2D eigenvalue weighted by atomic mass is 32.2. The monoisotopic (exact) mass is 394 g/mol. The summed E-state index contributed by atoms with van der Waals surface area (Å²) in [7, 11) is -4.02. The largest absolute Gasteiger partial charge is 0.326 e. The molecule has 0 saturated heterocycles. The fraction of sp³-hybridized carbons (Fsp3) is 0.316. The number of rotatable bonds is 6. The van der Waals surface area contributed by atoms with Gasteiger partial charge in [0.05, 0.1) is 4.90 Å². The smallest absolute Gasteiger partial charge is 0.240 e. The third-order valence-electron chi connectivity index (χ3n) is 4.52. The Morgan fingerprint density at radius 3 is 2.59 bits per heavy atom. The van der Waals surface area contributed by atoms with Gasteiger partial charge in [-0.3, -0.25) is 4.79 Å². The number of carbonyl (C=O) groups is 1. The van der Waals surface area contributed by atoms with Crippen molar-refractivity contribution in [1.29, 1.82) is 0 Å². The molecule has 2 N–H and O–H groups in total. The molecular formula is C19H20F2N2O3S. The Bertz CT molecular complexity index is 961. The number of aryl methyl sites for hydroxylation is 1. The second-order valence-corrected chi connectivity index (χ2v) is 8.19. The maximum absolute atomic E-state index is 13.2. The molecule has 5 nitrogen and oxygen atoms in total. The minimum Gasteiger partial charge on any atom is -0.326 e. The molecule has 1 amide bonds. The second-order valence-electron chi connectivity index (χ2n) is 6.42. The first-order valence-corrected chi connectivity index (χ1v) is 10.2. The van der Waals surface area contributed by atoms with Gasteiger partial charge in [-0.1, -0.05) is 12.1 Å². The lowest BCUT2D eigenvalue weighted by Gasteiger charge is -2.19. The highest BCUT2D eigenvalue weighted by molar-refractivity contribution is 7.89. The van der Waals surface area contributed by atoms with Crippen molar-refractivity contribution >= 4 is 21.6 Å². The van der Waals surface area contributed by atoms with Crippen molar-refractivity contribution in [2.24, 2.45) is 0 Å². The molecule has 8 heteroatoms. The van der Waals surface area contributed by atoms with Gasteiger partial charge in [-0.05, 0) is 61.1 Å². The molecular weight excluding hydrogens is 374 g/mol. The fourth-order valence-corrected chi connectivity index (χ4v) is 4.18. The summed E-state index contributed by atoms with van der Waals surface area (Å²) < 4.78 is 52.6. The molecule has 0 spiro atoms. The van der Waals surface area contributed by atoms with Crippen LogP contribution in [0.25, 0.3) is 0 Å². The molecule has 0 bridgehead atoms. The molecule has 27 heavy (non-hydrogen) atoms. The molecule has 2 aromatic carbocycles. The Balaban J connectivity index is 1.57. The fourth-order valence-electron chi connectivity index (χ4n) is 3.14. The van der Waals surface area contributed by atoms with Crippen LogP contribution in [-0.4, -0.2) is 20.9 Å². The predicted octanol–water partition coefficient (Wildman–Crippen LogP) is 3.15. The van der Waals surface area contributed by atoms with Crippen LogP contribution >= 0.6 is 0 Å². The van der Waals surface area contributed by atoms with Crippen LogP contribution in [0.15, 0.2) is 41.3 Å². The van der Waals surface area contributed by atoms with Gasteiger partial charge in [0.1, 0.15) is 0 Å². The number of amides is 1. The summed E-state index contributed by atoms with van der Waals surface area (Å²) in [5.41, 5.74) is 3.14. The highest BCUT2D eigenvalue weighted by Gasteiger charge is 2.18. The molecule has 0 unspecified atom stereocenters. The van der Waals surface area contributed by atoms with Crippen LogP contribution in [0.5, 0.6) is 0 Å². The zero-order chi connectivity index (χ0) is 19.4. The maximum atomic E-state index is 13.2. The number of fused-ring (bicyclic) bond motifs is 1. The van der Waals surface area contributed by atoms with Crippen LogP contribution < -0.4 is 10.0 Å². The average molecular weight is 394 g/mol. The van der Waals surface area contributed by atoms with Crippen molar-refractivity contribution in [2.45, 2.75) is 37.0 Å². The van der Waals surface area contributed by atoms with Gasteiger partial charge >= 0.3 is 0 Å². The van der Waals surface area contributed by atoms with Crippen LogP contribution in [0.1, 0.15) is 30.4 Å². The molecule has 3 rings (SSSR count). The van der Waals surface area contributed by atoms with Crippen molar-refractivity contribution in [2.75, 3.05) is 11.9 Å². The van der Waals surface area contributed by atoms with Crippen molar-refractivity contribution in [3.05, 3.63) is 59.2 Å². The molecule has 0 heterocycles. The number of carbonyl (C=O) groups excluding carboxylic acids is 1. The first kappa shape index (κ1) is 19.4. The van der Waals surface area contributed by atoms with Gasteiger partial charge < -0.3 is 5.32 Å². The van der Waals surface area contributed by atoms with E-state index in [9.17, 15) is 22.0 Å². The van der Waals surface area contributed by atoms with Crippen LogP contribution in [0.3, 0.4) is 0 Å². The van der Waals surface area contributed by atoms with E-state index in [1.165, 1.54) is 5.56 Å². The molecule has 0 fully saturated rings. The van der Waals surface area contributed by atoms with Gasteiger partial charge in [-0.25, -0.2) is 21.9 Å². The van der Waals surface area contributed by atoms with E-state index in [-0.39, 0.29) is 23.8 Å². The maximum Gasteiger partial charge on any atom is 0.240 e. The lowest BCUT2D eigenvalue weighted by molar-refractivity contribution is -0.116. The SMILES string of the molecule is O=C(CCNS(=O)(=O)c1ccc(F)c(F)c1)Nc1cccc2c1CCCC2. The van der Waals surface area contributed by atoms with E-state index < -0.39 is 21.7 Å². The lowest BCUT2D eigenvalue weighted by Crippen LogP contribution is -2.28. The van der Waals surface area contributed by atoms with Crippen molar-refractivity contribution in [1.82, 2.24) is 4.72 Å². The topological polar surface area (TPSA) is 75.3 Å². The number of hydrogen-bond donors (Lipinski definition) is 2. The van der Waals surface area contributed by atoms with Gasteiger partial charge in [0.2, 0.25) is 15.9 Å². The van der Waals surface area contributed by atoms with Gasteiger partial charge in [0.25, 0.3) is 0 Å². The van der Waals surface area contributed by atoms with E-state index in [1.54, 1.807) is 0 Å². The molecule has 0 aromatic heterocycles. The number of nitrogens with one attached hydrogen (secondary N) is 2. The lowest BCUT2D eigenvalue weighted by atomic mass is 9.90. The summed E-state index contributed by atoms with van der Waals surface area (Å²) in [4.78, 5) is 11.8. The number of anilines is 1. The third kappa shape index (κ3) is 4.70. The summed E-state index contributed by atoms with van der Waals surface area (Å²) in [5, 5.41) is 2.83. The summed E-state index contributed by atoms with van der Waals surface area (Å²) in [6, 6.07) is 8.11. The summed E-state index contributed by atoms with van der Waals surface area (Å²) in [6.45, 7) is -0.151. The molecule has 0 atom stereocenters. The Morgan fingerprint density at radius 1 is 1.04 bits per heavy atom. The summed E-state index contributed by atoms with van der Waals surface area (Å²) in [5.74, 6) is -2.69. The number of halogens is 2. The van der Waals surface area contributed by atoms with Gasteiger partial charge in [0.15, 0.2) is 11.6 Å². The quantitative estimate of drug-likeness (QED) is 0.790. The summed E-state index contributed by atoms with van der Waals surface area (Å²) >= 11 is 0. The van der Waals surface area contributed by atoms with E-state index in [4.69, 9.17) is 0 Å². The molecule has 2 aromatic rings. The van der Waals surface area contributed by atoms with Crippen LogP contribution in [0.4, 0.5) is 14.5 Å². The Kier molecular flexibility index (Phi) is 5.86. The first-order chi connectivity index (χ1) is 12.9. The average Bonchev–Trinajstić information content (AvgIpc) is 2.64. The zero-order valence-electron chi connectivity index (χ0n) is 14.6. The molecule has 1 aliphatic carbocycles. The van der Waals surface area contributed by atoms with Crippen molar-refractivity contribution in [3.8, 4) is 0 Å². The minimum atomic E-state index is -4.02. The van der Waals surface area contributed by atoms with Gasteiger partial charge in [0, 0.05) is 18.7 Å². The number of benzene rings is 2. The Morgan fingerprint density at radius 2 is 1.81 bits per heavy atom. The van der Waals surface area contributed by atoms with E-state index in [0.717, 1.165) is 49.1 Å². The van der Waals surface area contributed by atoms with Crippen LogP contribution in [-0.2, 0) is 27.7 Å². The Labute approximate surface area is 156 Å². The minimum absolute atomic E-state index is 0.0768. The van der Waals surface area contributed by atoms with E-state index >= 15 is 0 Å². The number of hydrogen-bond acceptors (Lipinski definition) is 3. The van der Waals surface area contributed by atoms with Crippen molar-refractivity contribution in [3.63, 3.8) is 0 Å². The highest BCUT2D eigenvalue weighted by Crippen LogP contribution is 2.27. The van der Waals surface area contributed by atoms with Crippen LogP contribution in [0, 0.1) is 11.6 Å². The van der Waals surface area contributed by atoms with Crippen molar-refractivity contribution < 1.29 is 22.0 Å². The second kappa shape index (κ2) is 8.14.